The predicted molar refractivity (Wildman–Crippen MR) is 126 cm³/mol. The lowest BCUT2D eigenvalue weighted by atomic mass is 10.1. The largest absolute Gasteiger partial charge is 0.457 e. The topological polar surface area (TPSA) is 65.8 Å². The summed E-state index contributed by atoms with van der Waals surface area (Å²) in [7, 11) is 0. The molecule has 7 heteroatoms. The van der Waals surface area contributed by atoms with Crippen molar-refractivity contribution in [3.63, 3.8) is 0 Å². The van der Waals surface area contributed by atoms with E-state index in [1.807, 2.05) is 6.07 Å². The summed E-state index contributed by atoms with van der Waals surface area (Å²) in [6.45, 7) is 11.3. The second-order valence-electron chi connectivity index (χ2n) is 9.63. The van der Waals surface area contributed by atoms with Crippen molar-refractivity contribution in [1.82, 2.24) is 0 Å². The average molecular weight is 453 g/mol. The lowest BCUT2D eigenvalue weighted by Gasteiger charge is -2.26. The molecule has 4 saturated heterocycles. The van der Waals surface area contributed by atoms with E-state index in [1.54, 1.807) is 0 Å². The van der Waals surface area contributed by atoms with Crippen molar-refractivity contribution in [3.05, 3.63) is 47.5 Å². The zero-order chi connectivity index (χ0) is 22.4. The molecule has 6 rings (SSSR count). The maximum atomic E-state index is 6.31. The standard InChI is InChI=1S/C26H32N2O5/c1-17-3-4-20(8-26(17)28(11-23-15-31-23)12-24-16-32-24)33-19-5-6-25(18(2)7-19)27(9-21-13-29-21)10-22-14-30-22/h3-8,21-24H,9-16H2,1-2H3. The molecule has 176 valence electrons. The van der Waals surface area contributed by atoms with Crippen LogP contribution in [0.5, 0.6) is 11.5 Å². The molecule has 0 aliphatic carbocycles. The second-order valence-corrected chi connectivity index (χ2v) is 9.63. The molecule has 4 heterocycles. The highest BCUT2D eigenvalue weighted by Gasteiger charge is 2.32. The van der Waals surface area contributed by atoms with Gasteiger partial charge in [0.2, 0.25) is 0 Å². The molecular weight excluding hydrogens is 420 g/mol. The van der Waals surface area contributed by atoms with E-state index in [-0.39, 0.29) is 0 Å². The smallest absolute Gasteiger partial charge is 0.129 e. The number of hydrogen-bond acceptors (Lipinski definition) is 7. The Bertz CT molecular complexity index is 970. The molecule has 4 aliphatic rings. The molecule has 2 aromatic carbocycles. The summed E-state index contributed by atoms with van der Waals surface area (Å²) < 4.78 is 28.2. The molecule has 0 saturated carbocycles. The fraction of sp³-hybridized carbons (Fsp3) is 0.538. The van der Waals surface area contributed by atoms with Gasteiger partial charge in [-0.15, -0.1) is 0 Å². The molecular formula is C26H32N2O5. The molecule has 4 fully saturated rings. The van der Waals surface area contributed by atoms with E-state index in [0.717, 1.165) is 64.1 Å². The van der Waals surface area contributed by atoms with Crippen molar-refractivity contribution < 1.29 is 23.7 Å². The minimum absolute atomic E-state index is 0.327. The lowest BCUT2D eigenvalue weighted by molar-refractivity contribution is 0.388. The first kappa shape index (κ1) is 21.2. The lowest BCUT2D eigenvalue weighted by Crippen LogP contribution is -2.32. The van der Waals surface area contributed by atoms with Crippen LogP contribution in [0, 0.1) is 13.8 Å². The van der Waals surface area contributed by atoms with Gasteiger partial charge < -0.3 is 33.5 Å². The number of aryl methyl sites for hydroxylation is 2. The first-order valence-corrected chi connectivity index (χ1v) is 12.0. The van der Waals surface area contributed by atoms with Gasteiger partial charge in [0.05, 0.1) is 50.8 Å². The molecule has 0 spiro atoms. The Morgan fingerprint density at radius 1 is 0.636 bits per heavy atom. The Kier molecular flexibility index (Phi) is 5.66. The van der Waals surface area contributed by atoms with E-state index in [4.69, 9.17) is 23.7 Å². The molecule has 33 heavy (non-hydrogen) atoms. The number of benzene rings is 2. The molecule has 4 unspecified atom stereocenters. The molecule has 0 N–H and O–H groups in total. The van der Waals surface area contributed by atoms with Crippen LogP contribution >= 0.6 is 0 Å². The van der Waals surface area contributed by atoms with E-state index < -0.39 is 0 Å². The summed E-state index contributed by atoms with van der Waals surface area (Å²) in [6, 6.07) is 12.7. The molecule has 0 amide bonds. The average Bonchev–Trinajstić information content (AvgIpc) is 3.59. The van der Waals surface area contributed by atoms with E-state index in [2.05, 4.69) is 54.0 Å². The third-order valence-electron chi connectivity index (χ3n) is 6.57. The van der Waals surface area contributed by atoms with E-state index in [0.29, 0.717) is 24.4 Å². The Labute approximate surface area is 195 Å². The predicted octanol–water partition coefficient (Wildman–Crippen LogP) is 3.30. The molecule has 0 radical (unpaired) electrons. The van der Waals surface area contributed by atoms with Crippen molar-refractivity contribution >= 4 is 11.4 Å². The van der Waals surface area contributed by atoms with Crippen molar-refractivity contribution in [2.45, 2.75) is 38.3 Å². The zero-order valence-corrected chi connectivity index (χ0v) is 19.4. The van der Waals surface area contributed by atoms with Gasteiger partial charge in [0.15, 0.2) is 0 Å². The fourth-order valence-corrected chi connectivity index (χ4v) is 4.40. The molecule has 4 aliphatic heterocycles. The van der Waals surface area contributed by atoms with Gasteiger partial charge >= 0.3 is 0 Å². The van der Waals surface area contributed by atoms with Crippen LogP contribution in [0.4, 0.5) is 11.4 Å². The minimum Gasteiger partial charge on any atom is -0.457 e. The number of epoxide rings is 4. The van der Waals surface area contributed by atoms with Gasteiger partial charge in [0.25, 0.3) is 0 Å². The highest BCUT2D eigenvalue weighted by Crippen LogP contribution is 2.34. The highest BCUT2D eigenvalue weighted by molar-refractivity contribution is 5.59. The summed E-state index contributed by atoms with van der Waals surface area (Å²) in [5.41, 5.74) is 4.83. The van der Waals surface area contributed by atoms with Crippen LogP contribution in [0.1, 0.15) is 11.1 Å². The van der Waals surface area contributed by atoms with Crippen molar-refractivity contribution in [2.24, 2.45) is 0 Å². The molecule has 0 aromatic heterocycles. The summed E-state index contributed by atoms with van der Waals surface area (Å²) in [6.07, 6.45) is 1.34. The maximum Gasteiger partial charge on any atom is 0.129 e. The van der Waals surface area contributed by atoms with Crippen LogP contribution < -0.4 is 14.5 Å². The quantitative estimate of drug-likeness (QED) is 0.458. The first-order valence-electron chi connectivity index (χ1n) is 12.0. The third kappa shape index (κ3) is 5.61. The van der Waals surface area contributed by atoms with Crippen LogP contribution in [0.2, 0.25) is 0 Å². The molecule has 4 atom stereocenters. The van der Waals surface area contributed by atoms with Crippen molar-refractivity contribution in [2.75, 3.05) is 62.4 Å². The summed E-state index contributed by atoms with van der Waals surface area (Å²) in [4.78, 5) is 4.76. The monoisotopic (exact) mass is 452 g/mol. The van der Waals surface area contributed by atoms with Crippen LogP contribution in [0.15, 0.2) is 36.4 Å². The summed E-state index contributed by atoms with van der Waals surface area (Å²) in [5, 5.41) is 0. The highest BCUT2D eigenvalue weighted by atomic mass is 16.6. The summed E-state index contributed by atoms with van der Waals surface area (Å²) >= 11 is 0. The first-order chi connectivity index (χ1) is 16.1. The Morgan fingerprint density at radius 2 is 1.09 bits per heavy atom. The molecule has 7 nitrogen and oxygen atoms in total. The van der Waals surface area contributed by atoms with Crippen LogP contribution in [-0.2, 0) is 18.9 Å². The van der Waals surface area contributed by atoms with Gasteiger partial charge in [-0.3, -0.25) is 0 Å². The Morgan fingerprint density at radius 3 is 1.58 bits per heavy atom. The molecule has 2 aromatic rings. The van der Waals surface area contributed by atoms with E-state index in [1.165, 1.54) is 22.5 Å². The Balaban J connectivity index is 1.18. The van der Waals surface area contributed by atoms with E-state index in [9.17, 15) is 0 Å². The van der Waals surface area contributed by atoms with Crippen molar-refractivity contribution in [1.29, 1.82) is 0 Å². The van der Waals surface area contributed by atoms with Gasteiger partial charge in [-0.05, 0) is 49.2 Å². The normalized spacial score (nSPS) is 26.6. The SMILES string of the molecule is Cc1cc(Oc2ccc(C)c(N(CC3CO3)CC3CO3)c2)ccc1N(CC1CO1)CC1CO1. The Hall–Kier alpha value is -2.32. The van der Waals surface area contributed by atoms with Crippen LogP contribution in [0.3, 0.4) is 0 Å². The number of ether oxygens (including phenoxy) is 5. The van der Waals surface area contributed by atoms with Gasteiger partial charge in [-0.2, -0.15) is 0 Å². The fourth-order valence-electron chi connectivity index (χ4n) is 4.40. The summed E-state index contributed by atoms with van der Waals surface area (Å²) in [5.74, 6) is 1.69. The van der Waals surface area contributed by atoms with Gasteiger partial charge in [0.1, 0.15) is 11.5 Å². The second kappa shape index (κ2) is 8.80. The third-order valence-corrected chi connectivity index (χ3v) is 6.57. The number of hydrogen-bond donors (Lipinski definition) is 0. The molecule has 0 bridgehead atoms. The van der Waals surface area contributed by atoms with Crippen molar-refractivity contribution in [3.8, 4) is 11.5 Å². The maximum absolute atomic E-state index is 6.31. The van der Waals surface area contributed by atoms with Crippen LogP contribution in [-0.4, -0.2) is 77.0 Å². The minimum atomic E-state index is 0.327. The van der Waals surface area contributed by atoms with Crippen LogP contribution in [0.25, 0.3) is 0 Å². The van der Waals surface area contributed by atoms with Gasteiger partial charge in [-0.25, -0.2) is 0 Å². The zero-order valence-electron chi connectivity index (χ0n) is 19.4. The van der Waals surface area contributed by atoms with E-state index >= 15 is 0 Å². The number of nitrogens with zero attached hydrogens (tertiary/aromatic N) is 2. The number of anilines is 2. The number of rotatable bonds is 12. The van der Waals surface area contributed by atoms with Gasteiger partial charge in [-0.1, -0.05) is 6.07 Å². The van der Waals surface area contributed by atoms with Gasteiger partial charge in [0, 0.05) is 43.6 Å².